The summed E-state index contributed by atoms with van der Waals surface area (Å²) in [5.74, 6) is 0. The number of benzene rings is 1. The topological polar surface area (TPSA) is 24.9 Å². The fourth-order valence-corrected chi connectivity index (χ4v) is 2.23. The van der Waals surface area contributed by atoms with Gasteiger partial charge >= 0.3 is 0 Å². The molecule has 72 valence electrons. The van der Waals surface area contributed by atoms with Crippen LogP contribution in [0, 0.1) is 0 Å². The number of aromatic nitrogens is 1. The van der Waals surface area contributed by atoms with Crippen LogP contribution in [0.15, 0.2) is 36.9 Å². The molecule has 2 nitrogen and oxygen atoms in total. The number of nitrogens with zero attached hydrogens (tertiary/aromatic N) is 1. The highest BCUT2D eigenvalue weighted by molar-refractivity contribution is 7.81. The van der Waals surface area contributed by atoms with Gasteiger partial charge in [0.25, 0.3) is 0 Å². The van der Waals surface area contributed by atoms with Crippen molar-refractivity contribution in [2.24, 2.45) is 0 Å². The Bertz CT molecular complexity index is 417. The highest BCUT2D eigenvalue weighted by atomic mass is 32.1. The van der Waals surface area contributed by atoms with Gasteiger partial charge in [0.2, 0.25) is 0 Å². The normalized spacial score (nSPS) is 12.6. The van der Waals surface area contributed by atoms with Crippen LogP contribution < -0.4 is 5.32 Å². The SMILES string of the molecule is C=CC(S)Nc1nc2ccccc2s1. The van der Waals surface area contributed by atoms with Gasteiger partial charge in [-0.15, -0.1) is 6.58 Å². The number of anilines is 1. The molecule has 2 rings (SSSR count). The molecular weight excluding hydrogens is 212 g/mol. The maximum atomic E-state index is 4.41. The van der Waals surface area contributed by atoms with Gasteiger partial charge in [-0.25, -0.2) is 4.98 Å². The fraction of sp³-hybridized carbons (Fsp3) is 0.100. The predicted molar refractivity (Wildman–Crippen MR) is 66.2 cm³/mol. The molecule has 0 saturated heterocycles. The first kappa shape index (κ1) is 9.55. The molecule has 0 saturated carbocycles. The molecule has 2 aromatic rings. The summed E-state index contributed by atoms with van der Waals surface area (Å²) in [5.41, 5.74) is 1.02. The van der Waals surface area contributed by atoms with E-state index in [0.29, 0.717) is 0 Å². The van der Waals surface area contributed by atoms with Gasteiger partial charge in [0.15, 0.2) is 5.13 Å². The molecule has 0 aliphatic carbocycles. The van der Waals surface area contributed by atoms with Crippen molar-refractivity contribution in [3.05, 3.63) is 36.9 Å². The quantitative estimate of drug-likeness (QED) is 0.474. The second kappa shape index (κ2) is 4.02. The van der Waals surface area contributed by atoms with Gasteiger partial charge < -0.3 is 5.32 Å². The highest BCUT2D eigenvalue weighted by Gasteiger charge is 2.03. The molecule has 0 aliphatic heterocycles. The zero-order chi connectivity index (χ0) is 9.97. The lowest BCUT2D eigenvalue weighted by molar-refractivity contribution is 1.24. The van der Waals surface area contributed by atoms with Crippen LogP contribution in [0.2, 0.25) is 0 Å². The molecule has 0 aliphatic rings. The summed E-state index contributed by atoms with van der Waals surface area (Å²) in [6.07, 6.45) is 1.73. The maximum absolute atomic E-state index is 4.41. The summed E-state index contributed by atoms with van der Waals surface area (Å²) in [6, 6.07) is 8.05. The summed E-state index contributed by atoms with van der Waals surface area (Å²) in [5, 5.41) is 3.97. The number of thiazole rings is 1. The molecule has 1 aromatic carbocycles. The fourth-order valence-electron chi connectivity index (χ4n) is 1.12. The Morgan fingerprint density at radius 1 is 1.50 bits per heavy atom. The van der Waals surface area contributed by atoms with Crippen LogP contribution in [0.1, 0.15) is 0 Å². The molecule has 1 N–H and O–H groups in total. The highest BCUT2D eigenvalue weighted by Crippen LogP contribution is 2.26. The van der Waals surface area contributed by atoms with Crippen molar-refractivity contribution in [1.82, 2.24) is 4.98 Å². The third-order valence-electron chi connectivity index (χ3n) is 1.79. The average molecular weight is 222 g/mol. The largest absolute Gasteiger partial charge is 0.346 e. The number of thiol groups is 1. The van der Waals surface area contributed by atoms with E-state index in [1.54, 1.807) is 17.4 Å². The number of fused-ring (bicyclic) bond motifs is 1. The van der Waals surface area contributed by atoms with Gasteiger partial charge in [0.1, 0.15) is 0 Å². The Kier molecular flexibility index (Phi) is 2.74. The summed E-state index contributed by atoms with van der Waals surface area (Å²) in [4.78, 5) is 4.41. The lowest BCUT2D eigenvalue weighted by atomic mass is 10.3. The molecule has 1 atom stereocenters. The number of rotatable bonds is 3. The van der Waals surface area contributed by atoms with Crippen LogP contribution >= 0.6 is 24.0 Å². The van der Waals surface area contributed by atoms with E-state index in [1.807, 2.05) is 18.2 Å². The van der Waals surface area contributed by atoms with E-state index in [9.17, 15) is 0 Å². The number of para-hydroxylation sites is 1. The van der Waals surface area contributed by atoms with Crippen molar-refractivity contribution in [3.8, 4) is 0 Å². The number of hydrogen-bond donors (Lipinski definition) is 2. The van der Waals surface area contributed by atoms with E-state index in [0.717, 1.165) is 10.6 Å². The molecule has 0 fully saturated rings. The third kappa shape index (κ3) is 1.91. The summed E-state index contributed by atoms with van der Waals surface area (Å²) in [7, 11) is 0. The molecule has 14 heavy (non-hydrogen) atoms. The number of hydrogen-bond acceptors (Lipinski definition) is 4. The Hall–Kier alpha value is -1.00. The standard InChI is InChI=1S/C10H10N2S2/c1-2-9(13)12-10-11-7-5-3-4-6-8(7)14-10/h2-6,9,13H,1H2,(H,11,12). The predicted octanol–water partition coefficient (Wildman–Crippen LogP) is 3.15. The van der Waals surface area contributed by atoms with Gasteiger partial charge in [-0.3, -0.25) is 0 Å². The first-order valence-electron chi connectivity index (χ1n) is 4.22. The van der Waals surface area contributed by atoms with E-state index < -0.39 is 0 Å². The van der Waals surface area contributed by atoms with Crippen molar-refractivity contribution >= 4 is 39.3 Å². The molecule has 4 heteroatoms. The maximum Gasteiger partial charge on any atom is 0.184 e. The Labute approximate surface area is 92.1 Å². The van der Waals surface area contributed by atoms with Gasteiger partial charge in [-0.2, -0.15) is 12.6 Å². The molecule has 0 radical (unpaired) electrons. The zero-order valence-electron chi connectivity index (χ0n) is 7.47. The smallest absolute Gasteiger partial charge is 0.184 e. The minimum absolute atomic E-state index is 0.0458. The van der Waals surface area contributed by atoms with Crippen LogP contribution in [0.3, 0.4) is 0 Å². The van der Waals surface area contributed by atoms with Gasteiger partial charge in [-0.1, -0.05) is 29.5 Å². The van der Waals surface area contributed by atoms with Crippen LogP contribution in [0.5, 0.6) is 0 Å². The first-order chi connectivity index (χ1) is 6.79. The first-order valence-corrected chi connectivity index (χ1v) is 5.55. The molecule has 0 bridgehead atoms. The van der Waals surface area contributed by atoms with Gasteiger partial charge in [0.05, 0.1) is 15.6 Å². The lowest BCUT2D eigenvalue weighted by Crippen LogP contribution is -2.07. The summed E-state index contributed by atoms with van der Waals surface area (Å²) >= 11 is 5.88. The van der Waals surface area contributed by atoms with Crippen molar-refractivity contribution in [3.63, 3.8) is 0 Å². The van der Waals surface area contributed by atoms with Gasteiger partial charge in [-0.05, 0) is 12.1 Å². The molecular formula is C10H10N2S2. The lowest BCUT2D eigenvalue weighted by Gasteiger charge is -2.04. The summed E-state index contributed by atoms with van der Waals surface area (Å²) in [6.45, 7) is 3.65. The van der Waals surface area contributed by atoms with Crippen LogP contribution in [0.25, 0.3) is 10.2 Å². The van der Waals surface area contributed by atoms with E-state index in [-0.39, 0.29) is 5.37 Å². The van der Waals surface area contributed by atoms with E-state index in [1.165, 1.54) is 4.70 Å². The van der Waals surface area contributed by atoms with E-state index >= 15 is 0 Å². The molecule has 1 unspecified atom stereocenters. The van der Waals surface area contributed by atoms with Crippen LogP contribution in [-0.4, -0.2) is 10.4 Å². The van der Waals surface area contributed by atoms with Gasteiger partial charge in [0, 0.05) is 0 Å². The van der Waals surface area contributed by atoms with Crippen LogP contribution in [0.4, 0.5) is 5.13 Å². The average Bonchev–Trinajstić information content (AvgIpc) is 2.59. The molecule has 0 spiro atoms. The number of nitrogens with one attached hydrogen (secondary N) is 1. The minimum atomic E-state index is -0.0458. The molecule has 1 heterocycles. The Morgan fingerprint density at radius 2 is 2.29 bits per heavy atom. The minimum Gasteiger partial charge on any atom is -0.346 e. The van der Waals surface area contributed by atoms with Crippen molar-refractivity contribution < 1.29 is 0 Å². The van der Waals surface area contributed by atoms with E-state index in [4.69, 9.17) is 0 Å². The Morgan fingerprint density at radius 3 is 3.00 bits per heavy atom. The third-order valence-corrected chi connectivity index (χ3v) is 3.10. The van der Waals surface area contributed by atoms with E-state index in [2.05, 4.69) is 35.6 Å². The van der Waals surface area contributed by atoms with Crippen molar-refractivity contribution in [1.29, 1.82) is 0 Å². The van der Waals surface area contributed by atoms with Crippen molar-refractivity contribution in [2.75, 3.05) is 5.32 Å². The monoisotopic (exact) mass is 222 g/mol. The second-order valence-electron chi connectivity index (χ2n) is 2.81. The molecule has 1 aromatic heterocycles. The Balaban J connectivity index is 2.31. The second-order valence-corrected chi connectivity index (χ2v) is 4.40. The van der Waals surface area contributed by atoms with Crippen molar-refractivity contribution in [2.45, 2.75) is 5.37 Å². The van der Waals surface area contributed by atoms with Crippen LogP contribution in [-0.2, 0) is 0 Å². The summed E-state index contributed by atoms with van der Waals surface area (Å²) < 4.78 is 1.18. The molecule has 0 amide bonds. The zero-order valence-corrected chi connectivity index (χ0v) is 9.18.